The fourth-order valence-electron chi connectivity index (χ4n) is 1.39. The Morgan fingerprint density at radius 1 is 1.71 bits per heavy atom. The zero-order chi connectivity index (χ0) is 10.1. The molecule has 2 rings (SSSR count). The molecule has 1 fully saturated rings. The maximum absolute atomic E-state index is 11.0. The molecule has 1 aromatic heterocycles. The Bertz CT molecular complexity index is 344. The second-order valence-corrected chi connectivity index (χ2v) is 5.63. The summed E-state index contributed by atoms with van der Waals surface area (Å²) in [6, 6.07) is 2.22. The van der Waals surface area contributed by atoms with Gasteiger partial charge >= 0.3 is 6.09 Å². The summed E-state index contributed by atoms with van der Waals surface area (Å²) in [5, 5.41) is 2.80. The van der Waals surface area contributed by atoms with E-state index in [1.807, 2.05) is 6.92 Å². The number of cyclic esters (lactones) is 1. The first-order valence-corrected chi connectivity index (χ1v) is 5.97. The molecule has 1 aliphatic rings. The Morgan fingerprint density at radius 2 is 2.50 bits per heavy atom. The van der Waals surface area contributed by atoms with Gasteiger partial charge in [0.25, 0.3) is 0 Å². The van der Waals surface area contributed by atoms with Gasteiger partial charge in [0.05, 0.1) is 16.4 Å². The van der Waals surface area contributed by atoms with Crippen molar-refractivity contribution >= 4 is 33.4 Å². The number of nitrogens with one attached hydrogen (secondary N) is 1. The van der Waals surface area contributed by atoms with Crippen molar-refractivity contribution in [2.45, 2.75) is 19.4 Å². The van der Waals surface area contributed by atoms with Crippen molar-refractivity contribution in [2.75, 3.05) is 6.61 Å². The number of hydrogen-bond donors (Lipinski definition) is 1. The van der Waals surface area contributed by atoms with E-state index in [1.165, 1.54) is 10.4 Å². The smallest absolute Gasteiger partial charge is 0.407 e. The van der Waals surface area contributed by atoms with Gasteiger partial charge < -0.3 is 10.1 Å². The number of hydrogen-bond acceptors (Lipinski definition) is 3. The molecule has 0 radical (unpaired) electrons. The van der Waals surface area contributed by atoms with E-state index in [-0.39, 0.29) is 12.1 Å². The van der Waals surface area contributed by atoms with Crippen LogP contribution in [0.2, 0.25) is 0 Å². The van der Waals surface area contributed by atoms with Crippen LogP contribution in [0.3, 0.4) is 0 Å². The number of carbonyl (C=O) groups is 1. The topological polar surface area (TPSA) is 38.3 Å². The molecule has 0 aliphatic carbocycles. The molecule has 1 aromatic rings. The number of alkyl carbamates (subject to hydrolysis) is 1. The van der Waals surface area contributed by atoms with Crippen LogP contribution in [-0.2, 0) is 4.74 Å². The van der Waals surface area contributed by atoms with E-state index in [0.717, 1.165) is 10.2 Å². The molecular formula is C9H10BrNO2S. The first-order valence-electron chi connectivity index (χ1n) is 4.36. The van der Waals surface area contributed by atoms with Crippen LogP contribution < -0.4 is 5.32 Å². The van der Waals surface area contributed by atoms with Gasteiger partial charge in [0.2, 0.25) is 0 Å². The molecule has 1 aliphatic heterocycles. The quantitative estimate of drug-likeness (QED) is 0.856. The second kappa shape index (κ2) is 3.90. The molecule has 3 nitrogen and oxygen atoms in total. The summed E-state index contributed by atoms with van der Waals surface area (Å²) >= 11 is 5.14. The molecule has 1 atom stereocenters. The van der Waals surface area contributed by atoms with Crippen LogP contribution in [0, 0.1) is 6.92 Å². The van der Waals surface area contributed by atoms with Crippen LogP contribution in [0.4, 0.5) is 4.79 Å². The third-order valence-electron chi connectivity index (χ3n) is 2.15. The van der Waals surface area contributed by atoms with Gasteiger partial charge in [-0.2, -0.15) is 0 Å². The van der Waals surface area contributed by atoms with Crippen LogP contribution >= 0.6 is 27.3 Å². The lowest BCUT2D eigenvalue weighted by molar-refractivity contribution is 0.116. The Balaban J connectivity index is 2.17. The highest BCUT2D eigenvalue weighted by molar-refractivity contribution is 9.11. The largest absolute Gasteiger partial charge is 0.449 e. The summed E-state index contributed by atoms with van der Waals surface area (Å²) in [7, 11) is 0. The molecule has 0 saturated carbocycles. The third-order valence-corrected chi connectivity index (χ3v) is 4.40. The van der Waals surface area contributed by atoms with Gasteiger partial charge in [0, 0.05) is 11.3 Å². The number of ether oxygens (including phenoxy) is 1. The maximum atomic E-state index is 11.0. The monoisotopic (exact) mass is 275 g/mol. The molecule has 14 heavy (non-hydrogen) atoms. The number of amides is 1. The fourth-order valence-corrected chi connectivity index (χ4v) is 3.05. The minimum Gasteiger partial charge on any atom is -0.449 e. The zero-order valence-electron chi connectivity index (χ0n) is 7.67. The van der Waals surface area contributed by atoms with E-state index in [9.17, 15) is 4.79 Å². The molecule has 0 spiro atoms. The molecule has 1 saturated heterocycles. The first-order chi connectivity index (χ1) is 6.66. The SMILES string of the molecule is Cc1cc([C@@H]2CCOC(=O)N2)sc1Br. The van der Waals surface area contributed by atoms with Gasteiger partial charge in [-0.15, -0.1) is 11.3 Å². The summed E-state index contributed by atoms with van der Waals surface area (Å²) in [6.07, 6.45) is 0.529. The molecule has 2 heterocycles. The Kier molecular flexibility index (Phi) is 2.78. The summed E-state index contributed by atoms with van der Waals surface area (Å²) < 4.78 is 5.94. The maximum Gasteiger partial charge on any atom is 0.407 e. The van der Waals surface area contributed by atoms with Crippen molar-refractivity contribution in [1.29, 1.82) is 0 Å². The normalized spacial score (nSPS) is 21.6. The highest BCUT2D eigenvalue weighted by atomic mass is 79.9. The van der Waals surface area contributed by atoms with Crippen molar-refractivity contribution in [3.05, 3.63) is 20.3 Å². The standard InChI is InChI=1S/C9H10BrNO2S/c1-5-4-7(14-8(5)10)6-2-3-13-9(12)11-6/h4,6H,2-3H2,1H3,(H,11,12)/t6-/m0/s1. The Morgan fingerprint density at radius 3 is 3.07 bits per heavy atom. The van der Waals surface area contributed by atoms with E-state index in [4.69, 9.17) is 4.74 Å². The Labute approximate surface area is 94.6 Å². The predicted molar refractivity (Wildman–Crippen MR) is 58.6 cm³/mol. The first kappa shape index (κ1) is 9.98. The lowest BCUT2D eigenvalue weighted by Crippen LogP contribution is -2.34. The average molecular weight is 276 g/mol. The van der Waals surface area contributed by atoms with Crippen LogP contribution in [-0.4, -0.2) is 12.7 Å². The molecule has 76 valence electrons. The van der Waals surface area contributed by atoms with Gasteiger partial charge in [-0.3, -0.25) is 0 Å². The van der Waals surface area contributed by atoms with Crippen LogP contribution in [0.25, 0.3) is 0 Å². The Hall–Kier alpha value is -0.550. The van der Waals surface area contributed by atoms with Crippen LogP contribution in [0.15, 0.2) is 9.85 Å². The van der Waals surface area contributed by atoms with Crippen LogP contribution in [0.1, 0.15) is 22.9 Å². The number of thiophene rings is 1. The number of rotatable bonds is 1. The third kappa shape index (κ3) is 1.93. The fraction of sp³-hybridized carbons (Fsp3) is 0.444. The van der Waals surface area contributed by atoms with E-state index < -0.39 is 0 Å². The molecule has 0 aromatic carbocycles. The van der Waals surface area contributed by atoms with E-state index in [0.29, 0.717) is 6.61 Å². The molecule has 1 N–H and O–H groups in total. The van der Waals surface area contributed by atoms with Crippen molar-refractivity contribution < 1.29 is 9.53 Å². The van der Waals surface area contributed by atoms with Gasteiger partial charge in [0.1, 0.15) is 0 Å². The molecule has 5 heteroatoms. The van der Waals surface area contributed by atoms with Crippen molar-refractivity contribution in [3.8, 4) is 0 Å². The van der Waals surface area contributed by atoms with Gasteiger partial charge in [0.15, 0.2) is 0 Å². The number of aryl methyl sites for hydroxylation is 1. The van der Waals surface area contributed by atoms with Crippen molar-refractivity contribution in [3.63, 3.8) is 0 Å². The number of carbonyl (C=O) groups excluding carboxylic acids is 1. The highest BCUT2D eigenvalue weighted by Crippen LogP contribution is 2.33. The molecular weight excluding hydrogens is 266 g/mol. The van der Waals surface area contributed by atoms with Crippen LogP contribution in [0.5, 0.6) is 0 Å². The van der Waals surface area contributed by atoms with Gasteiger partial charge in [-0.1, -0.05) is 0 Å². The lowest BCUT2D eigenvalue weighted by Gasteiger charge is -2.22. The molecule has 1 amide bonds. The van der Waals surface area contributed by atoms with E-state index in [2.05, 4.69) is 27.3 Å². The minimum atomic E-state index is -0.316. The minimum absolute atomic E-state index is 0.117. The number of halogens is 1. The molecule has 0 unspecified atom stereocenters. The summed E-state index contributed by atoms with van der Waals surface area (Å²) in [5.41, 5.74) is 1.21. The average Bonchev–Trinajstić information content (AvgIpc) is 2.47. The van der Waals surface area contributed by atoms with E-state index >= 15 is 0 Å². The predicted octanol–water partition coefficient (Wildman–Crippen LogP) is 2.99. The van der Waals surface area contributed by atoms with Gasteiger partial charge in [-0.25, -0.2) is 4.79 Å². The van der Waals surface area contributed by atoms with Gasteiger partial charge in [-0.05, 0) is 34.5 Å². The molecule has 0 bridgehead atoms. The summed E-state index contributed by atoms with van der Waals surface area (Å²) in [6.45, 7) is 2.55. The van der Waals surface area contributed by atoms with E-state index in [1.54, 1.807) is 11.3 Å². The zero-order valence-corrected chi connectivity index (χ0v) is 10.1. The van der Waals surface area contributed by atoms with Crippen molar-refractivity contribution in [2.24, 2.45) is 0 Å². The lowest BCUT2D eigenvalue weighted by atomic mass is 10.1. The highest BCUT2D eigenvalue weighted by Gasteiger charge is 2.22. The summed E-state index contributed by atoms with van der Waals surface area (Å²) in [4.78, 5) is 12.2. The second-order valence-electron chi connectivity index (χ2n) is 3.23. The summed E-state index contributed by atoms with van der Waals surface area (Å²) in [5.74, 6) is 0. The van der Waals surface area contributed by atoms with Crippen molar-refractivity contribution in [1.82, 2.24) is 5.32 Å².